The van der Waals surface area contributed by atoms with Crippen LogP contribution in [0.1, 0.15) is 40.2 Å². The molecule has 2 aromatic rings. The van der Waals surface area contributed by atoms with Crippen molar-refractivity contribution >= 4 is 17.2 Å². The van der Waals surface area contributed by atoms with Crippen LogP contribution < -0.4 is 4.90 Å². The van der Waals surface area contributed by atoms with Gasteiger partial charge in [-0.3, -0.25) is 0 Å². The number of nitrogens with zero attached hydrogens (tertiary/aromatic N) is 4. The van der Waals surface area contributed by atoms with Crippen LogP contribution >= 0.6 is 11.3 Å². The number of thiazole rings is 1. The largest absolute Gasteiger partial charge is 0.353 e. The van der Waals surface area contributed by atoms with Crippen LogP contribution in [0.4, 0.5) is 5.82 Å². The highest BCUT2D eigenvalue weighted by atomic mass is 32.1. The van der Waals surface area contributed by atoms with Gasteiger partial charge in [-0.1, -0.05) is 0 Å². The van der Waals surface area contributed by atoms with E-state index in [0.717, 1.165) is 30.9 Å². The Bertz CT molecular complexity index is 699. The highest BCUT2D eigenvalue weighted by Gasteiger charge is 2.18. The highest BCUT2D eigenvalue weighted by molar-refractivity contribution is 7.09. The maximum Gasteiger partial charge on any atom is 0.146 e. The van der Waals surface area contributed by atoms with E-state index < -0.39 is 0 Å². The molecular formula is C16H18N4S. The Morgan fingerprint density at radius 3 is 2.90 bits per heavy atom. The number of aryl methyl sites for hydroxylation is 3. The summed E-state index contributed by atoms with van der Waals surface area (Å²) < 4.78 is 0. The molecule has 0 aliphatic heterocycles. The Balaban J connectivity index is 1.93. The lowest BCUT2D eigenvalue weighted by molar-refractivity contribution is 0.665. The minimum absolute atomic E-state index is 0.681. The lowest BCUT2D eigenvalue weighted by Crippen LogP contribution is -2.20. The van der Waals surface area contributed by atoms with E-state index in [2.05, 4.69) is 16.0 Å². The molecular weight excluding hydrogens is 280 g/mol. The molecule has 0 aromatic carbocycles. The summed E-state index contributed by atoms with van der Waals surface area (Å²) in [5.41, 5.74) is 6.03. The van der Waals surface area contributed by atoms with E-state index in [4.69, 9.17) is 4.98 Å². The summed E-state index contributed by atoms with van der Waals surface area (Å²) in [6.45, 7) is 2.77. The topological polar surface area (TPSA) is 52.8 Å². The van der Waals surface area contributed by atoms with E-state index in [-0.39, 0.29) is 0 Å². The number of hydrogen-bond acceptors (Lipinski definition) is 5. The van der Waals surface area contributed by atoms with Gasteiger partial charge in [0.25, 0.3) is 0 Å². The first kappa shape index (κ1) is 14.0. The Kier molecular flexibility index (Phi) is 3.89. The van der Waals surface area contributed by atoms with Crippen LogP contribution in [-0.4, -0.2) is 17.0 Å². The summed E-state index contributed by atoms with van der Waals surface area (Å²) in [5.74, 6) is 0.797. The van der Waals surface area contributed by atoms with Crippen molar-refractivity contribution in [2.24, 2.45) is 0 Å². The Hall–Kier alpha value is -1.93. The van der Waals surface area contributed by atoms with Crippen molar-refractivity contribution in [1.82, 2.24) is 9.97 Å². The summed E-state index contributed by atoms with van der Waals surface area (Å²) in [7, 11) is 2.00. The zero-order valence-electron chi connectivity index (χ0n) is 12.4. The molecule has 108 valence electrons. The van der Waals surface area contributed by atoms with Crippen molar-refractivity contribution in [3.8, 4) is 6.07 Å². The van der Waals surface area contributed by atoms with E-state index in [1.54, 1.807) is 11.3 Å². The number of pyridine rings is 1. The Morgan fingerprint density at radius 2 is 2.19 bits per heavy atom. The van der Waals surface area contributed by atoms with Gasteiger partial charge in [-0.05, 0) is 44.2 Å². The monoisotopic (exact) mass is 298 g/mol. The molecule has 0 unspecified atom stereocenters. The molecule has 0 bridgehead atoms. The zero-order valence-corrected chi connectivity index (χ0v) is 13.2. The first-order chi connectivity index (χ1) is 10.2. The molecule has 1 aliphatic rings. The molecule has 5 heteroatoms. The zero-order chi connectivity index (χ0) is 14.8. The molecule has 0 saturated carbocycles. The van der Waals surface area contributed by atoms with Gasteiger partial charge in [-0.2, -0.15) is 5.26 Å². The van der Waals surface area contributed by atoms with Crippen LogP contribution in [-0.2, 0) is 19.4 Å². The number of rotatable bonds is 3. The predicted octanol–water partition coefficient (Wildman–Crippen LogP) is 3.23. The van der Waals surface area contributed by atoms with Gasteiger partial charge in [0, 0.05) is 17.6 Å². The first-order valence-corrected chi connectivity index (χ1v) is 8.10. The van der Waals surface area contributed by atoms with Crippen LogP contribution in [0, 0.1) is 18.3 Å². The fraction of sp³-hybridized carbons (Fsp3) is 0.438. The van der Waals surface area contributed by atoms with Crippen molar-refractivity contribution in [1.29, 1.82) is 5.26 Å². The summed E-state index contributed by atoms with van der Waals surface area (Å²) in [6.07, 6.45) is 4.48. The smallest absolute Gasteiger partial charge is 0.146 e. The third-order valence-electron chi connectivity index (χ3n) is 3.99. The third kappa shape index (κ3) is 2.77. The van der Waals surface area contributed by atoms with Gasteiger partial charge in [0.2, 0.25) is 0 Å². The van der Waals surface area contributed by atoms with Gasteiger partial charge in [0.1, 0.15) is 11.9 Å². The van der Waals surface area contributed by atoms with E-state index in [1.807, 2.05) is 25.5 Å². The molecule has 21 heavy (non-hydrogen) atoms. The Labute approximate surface area is 129 Å². The molecule has 3 rings (SSSR count). The first-order valence-electron chi connectivity index (χ1n) is 7.22. The highest BCUT2D eigenvalue weighted by Crippen LogP contribution is 2.27. The fourth-order valence-corrected chi connectivity index (χ4v) is 3.59. The number of hydrogen-bond donors (Lipinski definition) is 0. The number of fused-ring (bicyclic) bond motifs is 1. The fourth-order valence-electron chi connectivity index (χ4n) is 2.76. The summed E-state index contributed by atoms with van der Waals surface area (Å²) >= 11 is 1.65. The maximum atomic E-state index is 9.42. The standard InChI is InChI=1S/C16H18N4S/c1-11-15(21-10-18-11)9-20(2)16-13(8-17)7-12-5-3-4-6-14(12)19-16/h7,10H,3-6,9H2,1-2H3. The van der Waals surface area contributed by atoms with E-state index in [0.29, 0.717) is 5.56 Å². The molecule has 4 nitrogen and oxygen atoms in total. The van der Waals surface area contributed by atoms with Crippen molar-refractivity contribution in [2.75, 3.05) is 11.9 Å². The SMILES string of the molecule is Cc1ncsc1CN(C)c1nc2c(cc1C#N)CCCC2. The van der Waals surface area contributed by atoms with Gasteiger partial charge in [-0.15, -0.1) is 11.3 Å². The summed E-state index contributed by atoms with van der Waals surface area (Å²) in [6, 6.07) is 4.34. The quantitative estimate of drug-likeness (QED) is 0.873. The second-order valence-corrected chi connectivity index (χ2v) is 6.44. The van der Waals surface area contributed by atoms with Crippen LogP contribution in [0.2, 0.25) is 0 Å². The minimum atomic E-state index is 0.681. The van der Waals surface area contributed by atoms with Gasteiger partial charge in [0.05, 0.1) is 23.3 Å². The minimum Gasteiger partial charge on any atom is -0.353 e. The van der Waals surface area contributed by atoms with Crippen molar-refractivity contribution < 1.29 is 0 Å². The molecule has 0 N–H and O–H groups in total. The van der Waals surface area contributed by atoms with E-state index >= 15 is 0 Å². The van der Waals surface area contributed by atoms with E-state index in [9.17, 15) is 5.26 Å². The summed E-state index contributed by atoms with van der Waals surface area (Å²) in [4.78, 5) is 12.4. The third-order valence-corrected chi connectivity index (χ3v) is 4.91. The molecule has 0 spiro atoms. The predicted molar refractivity (Wildman–Crippen MR) is 84.6 cm³/mol. The van der Waals surface area contributed by atoms with Crippen molar-refractivity contribution in [3.63, 3.8) is 0 Å². The van der Waals surface area contributed by atoms with Crippen LogP contribution in [0.3, 0.4) is 0 Å². The molecule has 0 atom stereocenters. The number of nitriles is 1. The molecule has 0 amide bonds. The molecule has 1 aliphatic carbocycles. The molecule has 0 fully saturated rings. The lowest BCUT2D eigenvalue weighted by atomic mass is 9.95. The average Bonchev–Trinajstić information content (AvgIpc) is 2.91. The normalized spacial score (nSPS) is 13.6. The molecule has 2 aromatic heterocycles. The van der Waals surface area contributed by atoms with Gasteiger partial charge >= 0.3 is 0 Å². The van der Waals surface area contributed by atoms with Crippen LogP contribution in [0.15, 0.2) is 11.6 Å². The average molecular weight is 298 g/mol. The molecule has 2 heterocycles. The lowest BCUT2D eigenvalue weighted by Gasteiger charge is -2.22. The second-order valence-electron chi connectivity index (χ2n) is 5.50. The van der Waals surface area contributed by atoms with Gasteiger partial charge in [-0.25, -0.2) is 9.97 Å². The number of anilines is 1. The second kappa shape index (κ2) is 5.82. The van der Waals surface area contributed by atoms with E-state index in [1.165, 1.54) is 29.0 Å². The van der Waals surface area contributed by atoms with Crippen molar-refractivity contribution in [2.45, 2.75) is 39.2 Å². The molecule has 0 radical (unpaired) electrons. The Morgan fingerprint density at radius 1 is 1.38 bits per heavy atom. The van der Waals surface area contributed by atoms with Crippen LogP contribution in [0.5, 0.6) is 0 Å². The van der Waals surface area contributed by atoms with Crippen molar-refractivity contribution in [3.05, 3.63) is 39.0 Å². The molecule has 0 saturated heterocycles. The van der Waals surface area contributed by atoms with Gasteiger partial charge in [0.15, 0.2) is 0 Å². The number of aromatic nitrogens is 2. The van der Waals surface area contributed by atoms with Crippen LogP contribution in [0.25, 0.3) is 0 Å². The van der Waals surface area contributed by atoms with Gasteiger partial charge < -0.3 is 4.90 Å². The summed E-state index contributed by atoms with van der Waals surface area (Å²) in [5, 5.41) is 9.42. The maximum absolute atomic E-state index is 9.42.